The standard InChI is InChI=1S/C30H32N4O7S2/c1-30(2,3)41-28(37)22-12-10-20(11-13-22)17-40-18-24(31-26(35)23-14-15-34(16-23)43(4,38)39)27(36)33-29-32-25(19-42-29)21-8-6-5-7-9-21/h5-16,19,24H,17-18H2,1-4H3,(H,31,35)(H,32,33,36)/t24-/m0/s1. The van der Waals surface area contributed by atoms with Crippen molar-refractivity contribution in [1.82, 2.24) is 14.3 Å². The van der Waals surface area contributed by atoms with Gasteiger partial charge in [0.1, 0.15) is 11.6 Å². The van der Waals surface area contributed by atoms with E-state index in [4.69, 9.17) is 9.47 Å². The van der Waals surface area contributed by atoms with Crippen molar-refractivity contribution in [3.05, 3.63) is 95.1 Å². The van der Waals surface area contributed by atoms with Crippen LogP contribution >= 0.6 is 11.3 Å². The van der Waals surface area contributed by atoms with Gasteiger partial charge in [-0.1, -0.05) is 42.5 Å². The number of thiazole rings is 1. The highest BCUT2D eigenvalue weighted by Crippen LogP contribution is 2.24. The molecule has 0 unspecified atom stereocenters. The molecule has 0 fully saturated rings. The lowest BCUT2D eigenvalue weighted by molar-refractivity contribution is -0.119. The van der Waals surface area contributed by atoms with Crippen LogP contribution in [0.4, 0.5) is 5.13 Å². The summed E-state index contributed by atoms with van der Waals surface area (Å²) in [6.07, 6.45) is 3.42. The molecule has 2 aromatic carbocycles. The summed E-state index contributed by atoms with van der Waals surface area (Å²) in [5.74, 6) is -1.66. The second kappa shape index (κ2) is 13.3. The maximum Gasteiger partial charge on any atom is 0.338 e. The number of nitrogens with one attached hydrogen (secondary N) is 2. The molecule has 0 radical (unpaired) electrons. The fourth-order valence-corrected chi connectivity index (χ4v) is 5.09. The van der Waals surface area contributed by atoms with E-state index in [0.717, 1.165) is 21.4 Å². The summed E-state index contributed by atoms with van der Waals surface area (Å²) in [7, 11) is -3.59. The van der Waals surface area contributed by atoms with Gasteiger partial charge in [-0.2, -0.15) is 0 Å². The third kappa shape index (κ3) is 9.08. The minimum absolute atomic E-state index is 0.0570. The number of rotatable bonds is 11. The number of anilines is 1. The average molecular weight is 625 g/mol. The van der Waals surface area contributed by atoms with E-state index in [2.05, 4.69) is 15.6 Å². The molecule has 11 nitrogen and oxygen atoms in total. The van der Waals surface area contributed by atoms with Crippen LogP contribution in [0.1, 0.15) is 47.1 Å². The lowest BCUT2D eigenvalue weighted by atomic mass is 10.1. The fourth-order valence-electron chi connectivity index (χ4n) is 3.78. The number of benzene rings is 2. The third-order valence-corrected chi connectivity index (χ3v) is 7.63. The first kappa shape index (κ1) is 31.6. The van der Waals surface area contributed by atoms with Gasteiger partial charge in [-0.3, -0.25) is 13.6 Å². The van der Waals surface area contributed by atoms with Crippen molar-refractivity contribution in [2.24, 2.45) is 0 Å². The Labute approximate surface area is 253 Å². The maximum absolute atomic E-state index is 13.3. The predicted octanol–water partition coefficient (Wildman–Crippen LogP) is 4.33. The van der Waals surface area contributed by atoms with Crippen LogP contribution in [0.15, 0.2) is 78.4 Å². The summed E-state index contributed by atoms with van der Waals surface area (Å²) in [6.45, 7) is 5.26. The summed E-state index contributed by atoms with van der Waals surface area (Å²) < 4.78 is 35.7. The second-order valence-electron chi connectivity index (χ2n) is 10.6. The van der Waals surface area contributed by atoms with E-state index in [0.29, 0.717) is 16.4 Å². The Balaban J connectivity index is 1.44. The monoisotopic (exact) mass is 624 g/mol. The van der Waals surface area contributed by atoms with Crippen LogP contribution in [0.2, 0.25) is 0 Å². The summed E-state index contributed by atoms with van der Waals surface area (Å²) >= 11 is 1.23. The van der Waals surface area contributed by atoms with Gasteiger partial charge in [0.15, 0.2) is 5.13 Å². The number of amides is 2. The molecule has 2 heterocycles. The molecule has 2 N–H and O–H groups in total. The average Bonchev–Trinajstić information content (AvgIpc) is 3.63. The van der Waals surface area contributed by atoms with Crippen molar-refractivity contribution in [3.8, 4) is 11.3 Å². The largest absolute Gasteiger partial charge is 0.456 e. The third-order valence-electron chi connectivity index (χ3n) is 5.88. The van der Waals surface area contributed by atoms with E-state index in [-0.39, 0.29) is 18.8 Å². The first-order chi connectivity index (χ1) is 20.3. The van der Waals surface area contributed by atoms with E-state index in [9.17, 15) is 22.8 Å². The van der Waals surface area contributed by atoms with Crippen molar-refractivity contribution in [3.63, 3.8) is 0 Å². The first-order valence-corrected chi connectivity index (χ1v) is 15.9. The van der Waals surface area contributed by atoms with Crippen molar-refractivity contribution in [2.45, 2.75) is 39.0 Å². The van der Waals surface area contributed by atoms with E-state index in [1.807, 2.05) is 35.7 Å². The second-order valence-corrected chi connectivity index (χ2v) is 13.4. The Morgan fingerprint density at radius 2 is 1.70 bits per heavy atom. The van der Waals surface area contributed by atoms with Crippen LogP contribution in [-0.2, 0) is 30.9 Å². The molecular weight excluding hydrogens is 592 g/mol. The van der Waals surface area contributed by atoms with Gasteiger partial charge in [0.2, 0.25) is 10.0 Å². The summed E-state index contributed by atoms with van der Waals surface area (Å²) in [5, 5.41) is 7.49. The Morgan fingerprint density at radius 3 is 2.33 bits per heavy atom. The zero-order valence-electron chi connectivity index (χ0n) is 24.1. The predicted molar refractivity (Wildman–Crippen MR) is 163 cm³/mol. The van der Waals surface area contributed by atoms with Crippen LogP contribution in [0, 0.1) is 0 Å². The van der Waals surface area contributed by atoms with Gasteiger partial charge in [-0.25, -0.2) is 18.2 Å². The smallest absolute Gasteiger partial charge is 0.338 e. The van der Waals surface area contributed by atoms with Gasteiger partial charge >= 0.3 is 5.97 Å². The van der Waals surface area contributed by atoms with Crippen LogP contribution < -0.4 is 10.6 Å². The highest BCUT2D eigenvalue weighted by Gasteiger charge is 2.24. The van der Waals surface area contributed by atoms with Crippen LogP contribution in [0.3, 0.4) is 0 Å². The minimum atomic E-state index is -3.59. The molecule has 0 aliphatic heterocycles. The highest BCUT2D eigenvalue weighted by atomic mass is 32.2. The van der Waals surface area contributed by atoms with E-state index < -0.39 is 39.4 Å². The number of hydrogen-bond acceptors (Lipinski definition) is 9. The minimum Gasteiger partial charge on any atom is -0.456 e. The topological polar surface area (TPSA) is 146 Å². The van der Waals surface area contributed by atoms with Crippen LogP contribution in [0.25, 0.3) is 11.3 Å². The summed E-state index contributed by atoms with van der Waals surface area (Å²) in [4.78, 5) is 43.0. The van der Waals surface area contributed by atoms with Crippen LogP contribution in [0.5, 0.6) is 0 Å². The number of ether oxygens (including phenoxy) is 2. The van der Waals surface area contributed by atoms with Gasteiger partial charge in [0.25, 0.3) is 11.8 Å². The molecule has 2 amide bonds. The Morgan fingerprint density at radius 1 is 1.00 bits per heavy atom. The Hall–Kier alpha value is -4.33. The van der Waals surface area contributed by atoms with E-state index >= 15 is 0 Å². The molecule has 0 saturated carbocycles. The van der Waals surface area contributed by atoms with Crippen molar-refractivity contribution >= 4 is 44.3 Å². The number of carbonyl (C=O) groups excluding carboxylic acids is 3. The molecule has 4 rings (SSSR count). The van der Waals surface area contributed by atoms with Gasteiger partial charge < -0.3 is 20.1 Å². The van der Waals surface area contributed by atoms with Gasteiger partial charge in [-0.05, 0) is 44.5 Å². The van der Waals surface area contributed by atoms with Crippen LogP contribution in [-0.4, -0.2) is 59.7 Å². The fraction of sp³-hybridized carbons (Fsp3) is 0.267. The quantitative estimate of drug-likeness (QED) is 0.235. The number of esters is 1. The number of aromatic nitrogens is 2. The molecule has 4 aromatic rings. The van der Waals surface area contributed by atoms with Gasteiger partial charge in [-0.15, -0.1) is 11.3 Å². The normalized spacial score (nSPS) is 12.4. The Bertz CT molecular complexity index is 1690. The molecule has 0 bridgehead atoms. The van der Waals surface area contributed by atoms with Crippen molar-refractivity contribution in [2.75, 3.05) is 18.2 Å². The van der Waals surface area contributed by atoms with Gasteiger partial charge in [0.05, 0.1) is 36.3 Å². The molecule has 13 heteroatoms. The maximum atomic E-state index is 13.3. The van der Waals surface area contributed by atoms with E-state index in [1.165, 1.54) is 29.8 Å². The summed E-state index contributed by atoms with van der Waals surface area (Å²) in [6, 6.07) is 16.3. The van der Waals surface area contributed by atoms with Gasteiger partial charge in [0, 0.05) is 23.3 Å². The zero-order valence-corrected chi connectivity index (χ0v) is 25.7. The zero-order chi connectivity index (χ0) is 31.2. The molecule has 0 saturated heterocycles. The number of nitrogens with zero attached hydrogens (tertiary/aromatic N) is 2. The molecule has 226 valence electrons. The lowest BCUT2D eigenvalue weighted by Crippen LogP contribution is -2.46. The molecule has 0 aliphatic carbocycles. The molecule has 43 heavy (non-hydrogen) atoms. The SMILES string of the molecule is CC(C)(C)OC(=O)c1ccc(COC[C@H](NC(=O)c2ccn(S(C)(=O)=O)c2)C(=O)Nc2nc(-c3ccccc3)cs2)cc1. The van der Waals surface area contributed by atoms with Crippen molar-refractivity contribution < 1.29 is 32.3 Å². The molecule has 0 aliphatic rings. The first-order valence-electron chi connectivity index (χ1n) is 13.2. The number of carbonyl (C=O) groups is 3. The molecular formula is C30H32N4O7S2. The number of hydrogen-bond donors (Lipinski definition) is 2. The molecule has 0 spiro atoms. The molecule has 1 atom stereocenters. The van der Waals surface area contributed by atoms with E-state index in [1.54, 1.807) is 45.0 Å². The lowest BCUT2D eigenvalue weighted by Gasteiger charge is -2.19. The Kier molecular flexibility index (Phi) is 9.79. The molecule has 2 aromatic heterocycles. The van der Waals surface area contributed by atoms with Crippen molar-refractivity contribution in [1.29, 1.82) is 0 Å². The summed E-state index contributed by atoms with van der Waals surface area (Å²) in [5.41, 5.74) is 2.14. The highest BCUT2D eigenvalue weighted by molar-refractivity contribution is 7.89.